The van der Waals surface area contributed by atoms with Crippen LogP contribution in [0.2, 0.25) is 0 Å². The number of allylic oxidation sites excluding steroid dienone is 19. The maximum atomic E-state index is 13.0. The third-order valence-corrected chi connectivity index (χ3v) is 14.6. The SMILES string of the molecule is CC/C=C\C/C=C\C/C=C\C/C=C\C/C=C\C/C=C\C/C=C\C/C=C\CCCCCCCCCCCCC(=O)NC(COP(=O)([O-])OCC[N+](C)(C)C)C(O)/C=C/CC/C=C/CCCCCCCCCCCCCCCCC. The molecule has 0 rings (SSSR count). The van der Waals surface area contributed by atoms with Crippen LogP contribution in [0.25, 0.3) is 0 Å². The van der Waals surface area contributed by atoms with E-state index < -0.39 is 26.6 Å². The van der Waals surface area contributed by atoms with Crippen molar-refractivity contribution in [3.8, 4) is 0 Å². The lowest BCUT2D eigenvalue weighted by Crippen LogP contribution is -2.45. The van der Waals surface area contributed by atoms with Gasteiger partial charge >= 0.3 is 0 Å². The largest absolute Gasteiger partial charge is 0.756 e. The van der Waals surface area contributed by atoms with Gasteiger partial charge in [-0.1, -0.05) is 277 Å². The molecular formula is C69H121N2O6P. The summed E-state index contributed by atoms with van der Waals surface area (Å²) in [5, 5.41) is 13.9. The van der Waals surface area contributed by atoms with E-state index in [4.69, 9.17) is 9.05 Å². The fourth-order valence-corrected chi connectivity index (χ4v) is 9.44. The van der Waals surface area contributed by atoms with Gasteiger partial charge in [0.2, 0.25) is 5.91 Å². The molecule has 0 aromatic rings. The first-order chi connectivity index (χ1) is 38.0. The van der Waals surface area contributed by atoms with E-state index in [1.807, 2.05) is 27.2 Å². The molecule has 78 heavy (non-hydrogen) atoms. The number of likely N-dealkylation sites (N-methyl/N-ethyl adjacent to an activating group) is 1. The Morgan fingerprint density at radius 2 is 0.795 bits per heavy atom. The Balaban J connectivity index is 4.20. The molecule has 9 heteroatoms. The number of aliphatic hydroxyl groups excluding tert-OH is 1. The lowest BCUT2D eigenvalue weighted by atomic mass is 10.0. The lowest BCUT2D eigenvalue weighted by Gasteiger charge is -2.29. The number of phosphoric ester groups is 1. The summed E-state index contributed by atoms with van der Waals surface area (Å²) in [5.74, 6) is -0.215. The van der Waals surface area contributed by atoms with Crippen LogP contribution in [0.3, 0.4) is 0 Å². The van der Waals surface area contributed by atoms with Crippen LogP contribution >= 0.6 is 7.82 Å². The van der Waals surface area contributed by atoms with Crippen molar-refractivity contribution in [3.05, 3.63) is 122 Å². The molecular weight excluding hydrogens is 984 g/mol. The molecule has 0 spiro atoms. The summed E-state index contributed by atoms with van der Waals surface area (Å²) in [4.78, 5) is 25.6. The third-order valence-electron chi connectivity index (χ3n) is 13.7. The van der Waals surface area contributed by atoms with Crippen molar-refractivity contribution in [1.82, 2.24) is 5.32 Å². The van der Waals surface area contributed by atoms with Gasteiger partial charge in [-0.3, -0.25) is 9.36 Å². The molecule has 0 fully saturated rings. The van der Waals surface area contributed by atoms with E-state index in [2.05, 4.69) is 129 Å². The zero-order chi connectivity index (χ0) is 57.0. The second kappa shape index (κ2) is 58.6. The van der Waals surface area contributed by atoms with Gasteiger partial charge in [-0.05, 0) is 96.3 Å². The molecule has 0 saturated carbocycles. The first kappa shape index (κ1) is 74.9. The van der Waals surface area contributed by atoms with E-state index in [1.54, 1.807) is 6.08 Å². The van der Waals surface area contributed by atoms with Crippen LogP contribution in [-0.4, -0.2) is 68.5 Å². The maximum Gasteiger partial charge on any atom is 0.268 e. The summed E-state index contributed by atoms with van der Waals surface area (Å²) >= 11 is 0. The summed E-state index contributed by atoms with van der Waals surface area (Å²) in [6.07, 6.45) is 87.2. The number of phosphoric acid groups is 1. The number of aliphatic hydroxyl groups is 1. The molecule has 1 amide bonds. The minimum absolute atomic E-state index is 0.0126. The molecule has 3 unspecified atom stereocenters. The minimum atomic E-state index is -4.62. The Hall–Kier alpha value is -3.10. The second-order valence-corrected chi connectivity index (χ2v) is 23.8. The second-order valence-electron chi connectivity index (χ2n) is 22.4. The molecule has 0 aliphatic carbocycles. The van der Waals surface area contributed by atoms with Crippen LogP contribution in [0.1, 0.15) is 258 Å². The normalized spacial score (nSPS) is 14.6. The summed E-state index contributed by atoms with van der Waals surface area (Å²) in [7, 11) is 1.23. The molecule has 8 nitrogen and oxygen atoms in total. The molecule has 0 saturated heterocycles. The van der Waals surface area contributed by atoms with Crippen molar-refractivity contribution in [2.24, 2.45) is 0 Å². The quantitative estimate of drug-likeness (QED) is 0.0272. The van der Waals surface area contributed by atoms with E-state index in [-0.39, 0.29) is 12.5 Å². The molecule has 0 aromatic carbocycles. The summed E-state index contributed by atoms with van der Waals surface area (Å²) in [6, 6.07) is -0.915. The maximum absolute atomic E-state index is 13.0. The van der Waals surface area contributed by atoms with Crippen molar-refractivity contribution in [3.63, 3.8) is 0 Å². The summed E-state index contributed by atoms with van der Waals surface area (Å²) in [6.45, 7) is 4.52. The van der Waals surface area contributed by atoms with Gasteiger partial charge in [0, 0.05) is 6.42 Å². The van der Waals surface area contributed by atoms with Crippen LogP contribution < -0.4 is 10.2 Å². The highest BCUT2D eigenvalue weighted by molar-refractivity contribution is 7.45. The fourth-order valence-electron chi connectivity index (χ4n) is 8.71. The standard InChI is InChI=1S/C69H121N2O6P/c1-6-8-10-12-14-16-18-20-22-24-26-28-29-30-31-32-33-34-35-36-37-38-39-40-41-43-45-47-49-51-53-55-57-59-61-63-69(73)70-67(66-77-78(74,75)76-65-64-71(3,4)5)68(72)62-60-58-56-54-52-50-48-46-44-42-27-25-23-21-19-17-15-13-11-9-7-2/h8,10,14,16,20,22,26,28,30-31,33-34,36-37,39-40,52,54,60,62,67-68,72H,6-7,9,11-13,15,17-19,21,23-25,27,29,32,35,38,41-51,53,55-59,61,63-66H2,1-5H3,(H-,70,73,74,75)/b10-8-,16-14-,22-20-,28-26-,31-30-,34-33-,37-36-,40-39-,54-52+,62-60+. The number of amides is 1. The van der Waals surface area contributed by atoms with Crippen LogP contribution in [0.15, 0.2) is 122 Å². The summed E-state index contributed by atoms with van der Waals surface area (Å²) in [5.41, 5.74) is 0. The van der Waals surface area contributed by atoms with Crippen molar-refractivity contribution in [2.45, 2.75) is 270 Å². The molecule has 0 bridgehead atoms. The first-order valence-electron chi connectivity index (χ1n) is 31.9. The predicted molar refractivity (Wildman–Crippen MR) is 339 cm³/mol. The molecule has 2 N–H and O–H groups in total. The Kier molecular flexibility index (Phi) is 56.2. The number of hydrogen-bond donors (Lipinski definition) is 2. The minimum Gasteiger partial charge on any atom is -0.756 e. The van der Waals surface area contributed by atoms with Gasteiger partial charge in [0.15, 0.2) is 0 Å². The Morgan fingerprint density at radius 3 is 1.19 bits per heavy atom. The average molecular weight is 1110 g/mol. The molecule has 0 aliphatic heterocycles. The zero-order valence-electron chi connectivity index (χ0n) is 51.1. The Morgan fingerprint density at radius 1 is 0.462 bits per heavy atom. The zero-order valence-corrected chi connectivity index (χ0v) is 52.0. The van der Waals surface area contributed by atoms with Crippen molar-refractivity contribution >= 4 is 13.7 Å². The van der Waals surface area contributed by atoms with Crippen LogP contribution in [0.4, 0.5) is 0 Å². The van der Waals surface area contributed by atoms with Crippen molar-refractivity contribution < 1.29 is 32.9 Å². The molecule has 0 aliphatic rings. The number of nitrogens with one attached hydrogen (secondary N) is 1. The topological polar surface area (TPSA) is 108 Å². The number of quaternary nitrogens is 1. The van der Waals surface area contributed by atoms with Gasteiger partial charge < -0.3 is 28.8 Å². The van der Waals surface area contributed by atoms with Gasteiger partial charge in [-0.25, -0.2) is 0 Å². The smallest absolute Gasteiger partial charge is 0.268 e. The highest BCUT2D eigenvalue weighted by atomic mass is 31.2. The highest BCUT2D eigenvalue weighted by Crippen LogP contribution is 2.38. The summed E-state index contributed by atoms with van der Waals surface area (Å²) < 4.78 is 23.4. The van der Waals surface area contributed by atoms with Crippen LogP contribution in [0.5, 0.6) is 0 Å². The number of rotatable bonds is 57. The van der Waals surface area contributed by atoms with E-state index in [1.165, 1.54) is 141 Å². The van der Waals surface area contributed by atoms with Crippen molar-refractivity contribution in [1.29, 1.82) is 0 Å². The van der Waals surface area contributed by atoms with E-state index >= 15 is 0 Å². The van der Waals surface area contributed by atoms with E-state index in [9.17, 15) is 19.4 Å². The Bertz CT molecular complexity index is 1680. The molecule has 3 atom stereocenters. The molecule has 0 heterocycles. The Labute approximate surface area is 482 Å². The third kappa shape index (κ3) is 60.5. The van der Waals surface area contributed by atoms with E-state index in [0.717, 1.165) is 96.3 Å². The lowest BCUT2D eigenvalue weighted by molar-refractivity contribution is -0.870. The van der Waals surface area contributed by atoms with Gasteiger partial charge in [0.05, 0.1) is 39.9 Å². The first-order valence-corrected chi connectivity index (χ1v) is 33.4. The molecule has 0 aromatic heterocycles. The average Bonchev–Trinajstić information content (AvgIpc) is 3.41. The van der Waals surface area contributed by atoms with Gasteiger partial charge in [0.1, 0.15) is 13.2 Å². The number of hydrogen-bond acceptors (Lipinski definition) is 6. The molecule has 0 radical (unpaired) electrons. The number of carbonyl (C=O) groups is 1. The predicted octanol–water partition coefficient (Wildman–Crippen LogP) is 19.5. The van der Waals surface area contributed by atoms with E-state index in [0.29, 0.717) is 17.4 Å². The fraction of sp³-hybridized carbons (Fsp3) is 0.696. The number of carbonyl (C=O) groups excluding carboxylic acids is 1. The van der Waals surface area contributed by atoms with Crippen LogP contribution in [0, 0.1) is 0 Å². The van der Waals surface area contributed by atoms with Gasteiger partial charge in [-0.15, -0.1) is 0 Å². The molecule has 448 valence electrons. The highest BCUT2D eigenvalue weighted by Gasteiger charge is 2.23. The van der Waals surface area contributed by atoms with Crippen molar-refractivity contribution in [2.75, 3.05) is 40.9 Å². The van der Waals surface area contributed by atoms with Crippen LogP contribution in [-0.2, 0) is 18.4 Å². The van der Waals surface area contributed by atoms with Gasteiger partial charge in [-0.2, -0.15) is 0 Å². The number of unbranched alkanes of at least 4 members (excludes halogenated alkanes) is 26. The number of nitrogens with zero attached hydrogens (tertiary/aromatic N) is 1. The monoisotopic (exact) mass is 1100 g/mol. The van der Waals surface area contributed by atoms with Gasteiger partial charge in [0.25, 0.3) is 7.82 Å².